The molecule has 1 aromatic carbocycles. The van der Waals surface area contributed by atoms with Gasteiger partial charge in [-0.05, 0) is 31.2 Å². The molecular formula is C21H22FN7O2. The molecule has 0 unspecified atom stereocenters. The quantitative estimate of drug-likeness (QED) is 0.520. The molecule has 0 aliphatic carbocycles. The molecule has 1 aliphatic rings. The Bertz CT molecular complexity index is 1040. The zero-order valence-corrected chi connectivity index (χ0v) is 16.9. The van der Waals surface area contributed by atoms with Crippen LogP contribution in [0.2, 0.25) is 0 Å². The molecule has 160 valence electrons. The number of pyridine rings is 1. The second-order valence-corrected chi connectivity index (χ2v) is 6.97. The van der Waals surface area contributed by atoms with Crippen LogP contribution in [0, 0.1) is 12.7 Å². The van der Waals surface area contributed by atoms with E-state index in [-0.39, 0.29) is 17.5 Å². The number of nitrogens with zero attached hydrogens (tertiary/aromatic N) is 4. The lowest BCUT2D eigenvalue weighted by Gasteiger charge is -2.28. The van der Waals surface area contributed by atoms with Crippen molar-refractivity contribution in [2.45, 2.75) is 6.92 Å². The molecule has 1 aliphatic heterocycles. The first-order chi connectivity index (χ1) is 15.1. The molecule has 2 aromatic heterocycles. The van der Waals surface area contributed by atoms with Gasteiger partial charge in [-0.25, -0.2) is 14.4 Å². The van der Waals surface area contributed by atoms with Crippen molar-refractivity contribution in [3.63, 3.8) is 0 Å². The van der Waals surface area contributed by atoms with Gasteiger partial charge in [0.15, 0.2) is 11.6 Å². The molecule has 1 amide bonds. The molecule has 9 nitrogen and oxygen atoms in total. The number of hydrogen-bond acceptors (Lipinski definition) is 8. The number of benzene rings is 1. The number of aromatic nitrogens is 3. The molecule has 3 aromatic rings. The van der Waals surface area contributed by atoms with Gasteiger partial charge in [-0.15, -0.1) is 0 Å². The summed E-state index contributed by atoms with van der Waals surface area (Å²) >= 11 is 0. The van der Waals surface area contributed by atoms with Gasteiger partial charge in [0.1, 0.15) is 5.69 Å². The zero-order valence-electron chi connectivity index (χ0n) is 16.9. The summed E-state index contributed by atoms with van der Waals surface area (Å²) in [5.74, 6) is -0.756. The van der Waals surface area contributed by atoms with E-state index in [1.807, 2.05) is 31.2 Å². The fourth-order valence-corrected chi connectivity index (χ4v) is 3.00. The average Bonchev–Trinajstić information content (AvgIpc) is 2.81. The maximum absolute atomic E-state index is 14.1. The third-order valence-electron chi connectivity index (χ3n) is 4.66. The van der Waals surface area contributed by atoms with E-state index in [1.165, 1.54) is 5.56 Å². The zero-order chi connectivity index (χ0) is 21.6. The molecule has 10 heteroatoms. The smallest absolute Gasteiger partial charge is 0.288 e. The highest BCUT2D eigenvalue weighted by molar-refractivity contribution is 5.93. The number of rotatable bonds is 6. The lowest BCUT2D eigenvalue weighted by Crippen LogP contribution is -2.38. The molecule has 0 radical (unpaired) electrons. The Morgan fingerprint density at radius 1 is 1.03 bits per heavy atom. The summed E-state index contributed by atoms with van der Waals surface area (Å²) in [6, 6.07) is 11.3. The van der Waals surface area contributed by atoms with Crippen LogP contribution in [-0.2, 0) is 4.74 Å². The molecule has 31 heavy (non-hydrogen) atoms. The van der Waals surface area contributed by atoms with E-state index in [1.54, 1.807) is 23.2 Å². The van der Waals surface area contributed by atoms with Gasteiger partial charge in [0, 0.05) is 18.8 Å². The van der Waals surface area contributed by atoms with E-state index in [0.29, 0.717) is 26.3 Å². The molecule has 0 bridgehead atoms. The van der Waals surface area contributed by atoms with Gasteiger partial charge in [-0.2, -0.15) is 4.98 Å². The van der Waals surface area contributed by atoms with Crippen LogP contribution in [0.5, 0.6) is 0 Å². The Labute approximate surface area is 178 Å². The fraction of sp³-hybridized carbons (Fsp3) is 0.238. The van der Waals surface area contributed by atoms with Crippen molar-refractivity contribution in [3.05, 3.63) is 65.9 Å². The molecular weight excluding hydrogens is 401 g/mol. The van der Waals surface area contributed by atoms with Gasteiger partial charge >= 0.3 is 0 Å². The van der Waals surface area contributed by atoms with Crippen molar-refractivity contribution in [2.24, 2.45) is 0 Å². The number of nitrogens with one attached hydrogen (secondary N) is 3. The Hall–Kier alpha value is -3.79. The molecule has 1 fully saturated rings. The van der Waals surface area contributed by atoms with E-state index in [2.05, 4.69) is 31.1 Å². The summed E-state index contributed by atoms with van der Waals surface area (Å²) in [5, 5.41) is 3.22. The standard InChI is InChI=1S/C21H22FN7O2/c1-14-2-4-15(5-3-14)25-16-6-7-18(23-12-16)20(30)27-28-21-24-13-17(22)19(26-21)29-8-10-31-11-9-29/h2-7,12-13,25H,8-11H2,1H3,(H,27,30)(H,24,26,28). The molecule has 4 rings (SSSR count). The number of hydrazine groups is 1. The number of anilines is 4. The molecule has 3 N–H and O–H groups in total. The Morgan fingerprint density at radius 2 is 1.77 bits per heavy atom. The van der Waals surface area contributed by atoms with Gasteiger partial charge < -0.3 is 15.0 Å². The number of ether oxygens (including phenoxy) is 1. The Kier molecular flexibility index (Phi) is 6.18. The number of aryl methyl sites for hydroxylation is 1. The third-order valence-corrected chi connectivity index (χ3v) is 4.66. The Morgan fingerprint density at radius 3 is 2.48 bits per heavy atom. The van der Waals surface area contributed by atoms with Crippen LogP contribution in [0.3, 0.4) is 0 Å². The monoisotopic (exact) mass is 423 g/mol. The van der Waals surface area contributed by atoms with E-state index >= 15 is 0 Å². The number of hydrogen-bond donors (Lipinski definition) is 3. The van der Waals surface area contributed by atoms with Crippen LogP contribution in [0.25, 0.3) is 0 Å². The Balaban J connectivity index is 1.35. The second-order valence-electron chi connectivity index (χ2n) is 6.97. The van der Waals surface area contributed by atoms with E-state index in [0.717, 1.165) is 17.6 Å². The summed E-state index contributed by atoms with van der Waals surface area (Å²) in [6.45, 7) is 4.10. The van der Waals surface area contributed by atoms with Gasteiger partial charge in [0.25, 0.3) is 5.91 Å². The molecule has 3 heterocycles. The van der Waals surface area contributed by atoms with Crippen molar-refractivity contribution < 1.29 is 13.9 Å². The van der Waals surface area contributed by atoms with Crippen LogP contribution < -0.4 is 21.1 Å². The van der Waals surface area contributed by atoms with Crippen molar-refractivity contribution in [1.82, 2.24) is 20.4 Å². The number of halogens is 1. The predicted molar refractivity (Wildman–Crippen MR) is 115 cm³/mol. The van der Waals surface area contributed by atoms with Gasteiger partial charge in [-0.1, -0.05) is 17.7 Å². The van der Waals surface area contributed by atoms with Crippen molar-refractivity contribution in [1.29, 1.82) is 0 Å². The van der Waals surface area contributed by atoms with E-state index < -0.39 is 11.7 Å². The molecule has 1 saturated heterocycles. The SMILES string of the molecule is Cc1ccc(Nc2ccc(C(=O)NNc3ncc(F)c(N4CCOCC4)n3)nc2)cc1. The van der Waals surface area contributed by atoms with E-state index in [9.17, 15) is 9.18 Å². The summed E-state index contributed by atoms with van der Waals surface area (Å²) in [6.07, 6.45) is 2.63. The van der Waals surface area contributed by atoms with Crippen LogP contribution in [-0.4, -0.2) is 47.2 Å². The topological polar surface area (TPSA) is 104 Å². The molecule has 0 spiro atoms. The maximum atomic E-state index is 14.1. The fourth-order valence-electron chi connectivity index (χ4n) is 3.00. The first-order valence-electron chi connectivity index (χ1n) is 9.80. The maximum Gasteiger partial charge on any atom is 0.288 e. The van der Waals surface area contributed by atoms with Crippen molar-refractivity contribution in [2.75, 3.05) is 41.9 Å². The van der Waals surface area contributed by atoms with Gasteiger partial charge in [0.2, 0.25) is 5.95 Å². The van der Waals surface area contributed by atoms with Crippen LogP contribution in [0.1, 0.15) is 16.1 Å². The number of carbonyl (C=O) groups is 1. The first-order valence-corrected chi connectivity index (χ1v) is 9.80. The highest BCUT2D eigenvalue weighted by atomic mass is 19.1. The normalized spacial score (nSPS) is 13.5. The summed E-state index contributed by atoms with van der Waals surface area (Å²) < 4.78 is 19.4. The summed E-state index contributed by atoms with van der Waals surface area (Å²) in [5.41, 5.74) is 8.14. The van der Waals surface area contributed by atoms with Gasteiger partial charge in [-0.3, -0.25) is 15.6 Å². The number of carbonyl (C=O) groups excluding carboxylic acids is 1. The lowest BCUT2D eigenvalue weighted by atomic mass is 10.2. The molecule has 0 atom stereocenters. The van der Waals surface area contributed by atoms with E-state index in [4.69, 9.17) is 4.74 Å². The second kappa shape index (κ2) is 9.35. The number of amides is 1. The van der Waals surface area contributed by atoms with Crippen LogP contribution in [0.15, 0.2) is 48.8 Å². The largest absolute Gasteiger partial charge is 0.378 e. The summed E-state index contributed by atoms with van der Waals surface area (Å²) in [4.78, 5) is 26.3. The minimum absolute atomic E-state index is 0.0777. The van der Waals surface area contributed by atoms with Crippen molar-refractivity contribution >= 4 is 29.0 Å². The number of morpholine rings is 1. The minimum Gasteiger partial charge on any atom is -0.378 e. The van der Waals surface area contributed by atoms with Gasteiger partial charge in [0.05, 0.1) is 31.3 Å². The highest BCUT2D eigenvalue weighted by Gasteiger charge is 2.18. The lowest BCUT2D eigenvalue weighted by molar-refractivity contribution is 0.0957. The third kappa shape index (κ3) is 5.23. The first kappa shape index (κ1) is 20.5. The predicted octanol–water partition coefficient (Wildman–Crippen LogP) is 2.66. The molecule has 0 saturated carbocycles. The summed E-state index contributed by atoms with van der Waals surface area (Å²) in [7, 11) is 0. The highest BCUT2D eigenvalue weighted by Crippen LogP contribution is 2.19. The van der Waals surface area contributed by atoms with Crippen LogP contribution in [0.4, 0.5) is 27.5 Å². The van der Waals surface area contributed by atoms with Crippen molar-refractivity contribution in [3.8, 4) is 0 Å². The average molecular weight is 423 g/mol. The van der Waals surface area contributed by atoms with Crippen LogP contribution >= 0.6 is 0 Å². The minimum atomic E-state index is -0.530.